The lowest BCUT2D eigenvalue weighted by molar-refractivity contribution is 0.558. The first-order chi connectivity index (χ1) is 6.99. The molecule has 1 heterocycles. The van der Waals surface area contributed by atoms with Crippen LogP contribution in [0.15, 0.2) is 15.7 Å². The Hall–Kier alpha value is -1.72. The second-order valence-electron chi connectivity index (χ2n) is 3.50. The van der Waals surface area contributed by atoms with Crippen LogP contribution in [0.5, 0.6) is 0 Å². The highest BCUT2D eigenvalue weighted by molar-refractivity contribution is 5.28. The van der Waals surface area contributed by atoms with E-state index in [1.165, 1.54) is 15.3 Å². The molecule has 1 rings (SSSR count). The maximum absolute atomic E-state index is 11.8. The molecular formula is C9H16N4O2. The summed E-state index contributed by atoms with van der Waals surface area (Å²) in [6, 6.07) is 1.26. The maximum Gasteiger partial charge on any atom is 0.351 e. The summed E-state index contributed by atoms with van der Waals surface area (Å²) in [5.74, 6) is 0.155. The second kappa shape index (κ2) is 4.20. The van der Waals surface area contributed by atoms with Crippen molar-refractivity contribution in [3.05, 3.63) is 26.9 Å². The van der Waals surface area contributed by atoms with E-state index in [4.69, 9.17) is 5.73 Å². The summed E-state index contributed by atoms with van der Waals surface area (Å²) in [4.78, 5) is 23.3. The zero-order valence-corrected chi connectivity index (χ0v) is 9.23. The topological polar surface area (TPSA) is 73.3 Å². The molecular weight excluding hydrogens is 196 g/mol. The molecule has 1 aromatic heterocycles. The van der Waals surface area contributed by atoms with Crippen molar-refractivity contribution < 1.29 is 0 Å². The first kappa shape index (κ1) is 11.4. The minimum Gasteiger partial charge on any atom is -0.383 e. The van der Waals surface area contributed by atoms with Gasteiger partial charge < -0.3 is 10.7 Å². The summed E-state index contributed by atoms with van der Waals surface area (Å²) in [5.41, 5.74) is 4.85. The average Bonchev–Trinajstić information content (AvgIpc) is 2.11. The Bertz CT molecular complexity index is 458. The van der Waals surface area contributed by atoms with Gasteiger partial charge in [-0.25, -0.2) is 4.79 Å². The van der Waals surface area contributed by atoms with Crippen molar-refractivity contribution >= 4 is 5.82 Å². The third kappa shape index (κ3) is 2.03. The second-order valence-corrected chi connectivity index (χ2v) is 3.50. The number of hydrogen-bond donors (Lipinski definition) is 1. The standard InChI is InChI=1S/C9H16N4O2/c1-4-5-12-8(14)6-7(10)13(9(12)15)11(2)3/h6H,4-5,10H2,1-3H3. The Morgan fingerprint density at radius 2 is 2.00 bits per heavy atom. The van der Waals surface area contributed by atoms with Crippen molar-refractivity contribution in [2.45, 2.75) is 19.9 Å². The first-order valence-corrected chi connectivity index (χ1v) is 4.79. The molecule has 84 valence electrons. The van der Waals surface area contributed by atoms with Crippen LogP contribution >= 0.6 is 0 Å². The van der Waals surface area contributed by atoms with Crippen LogP contribution in [0.1, 0.15) is 13.3 Å². The Kier molecular flexibility index (Phi) is 3.18. The Labute approximate surface area is 87.5 Å². The van der Waals surface area contributed by atoms with Crippen LogP contribution in [0.4, 0.5) is 5.82 Å². The van der Waals surface area contributed by atoms with Crippen LogP contribution in [0.2, 0.25) is 0 Å². The monoisotopic (exact) mass is 212 g/mol. The molecule has 0 aliphatic carbocycles. The smallest absolute Gasteiger partial charge is 0.351 e. The molecule has 2 N–H and O–H groups in total. The summed E-state index contributed by atoms with van der Waals surface area (Å²) >= 11 is 0. The molecule has 0 radical (unpaired) electrons. The number of nitrogens with two attached hydrogens (primary N) is 1. The van der Waals surface area contributed by atoms with E-state index in [0.717, 1.165) is 6.42 Å². The van der Waals surface area contributed by atoms with Crippen molar-refractivity contribution in [1.29, 1.82) is 0 Å². The zero-order chi connectivity index (χ0) is 11.6. The van der Waals surface area contributed by atoms with E-state index in [0.29, 0.717) is 6.54 Å². The third-order valence-corrected chi connectivity index (χ3v) is 2.04. The summed E-state index contributed by atoms with van der Waals surface area (Å²) in [6.45, 7) is 2.31. The predicted octanol–water partition coefficient (Wildman–Crippen LogP) is -0.800. The molecule has 0 amide bonds. The van der Waals surface area contributed by atoms with E-state index in [-0.39, 0.29) is 11.4 Å². The molecule has 0 aliphatic rings. The minimum atomic E-state index is -0.396. The number of nitrogen functional groups attached to an aromatic ring is 1. The van der Waals surface area contributed by atoms with E-state index >= 15 is 0 Å². The number of hydrogen-bond acceptors (Lipinski definition) is 4. The molecule has 0 bridgehead atoms. The average molecular weight is 212 g/mol. The normalized spacial score (nSPS) is 10.3. The Morgan fingerprint density at radius 3 is 2.47 bits per heavy atom. The lowest BCUT2D eigenvalue weighted by Crippen LogP contribution is -2.47. The highest BCUT2D eigenvalue weighted by atomic mass is 16.2. The molecule has 0 spiro atoms. The fraction of sp³-hybridized carbons (Fsp3) is 0.556. The van der Waals surface area contributed by atoms with E-state index in [1.54, 1.807) is 19.1 Å². The molecule has 0 atom stereocenters. The zero-order valence-electron chi connectivity index (χ0n) is 9.23. The molecule has 0 aliphatic heterocycles. The predicted molar refractivity (Wildman–Crippen MR) is 59.7 cm³/mol. The number of aromatic nitrogens is 2. The summed E-state index contributed by atoms with van der Waals surface area (Å²) in [6.07, 6.45) is 0.729. The maximum atomic E-state index is 11.8. The van der Waals surface area contributed by atoms with E-state index < -0.39 is 5.69 Å². The lowest BCUT2D eigenvalue weighted by atomic mass is 10.4. The Morgan fingerprint density at radius 1 is 1.40 bits per heavy atom. The van der Waals surface area contributed by atoms with Gasteiger partial charge in [0, 0.05) is 26.7 Å². The molecule has 6 nitrogen and oxygen atoms in total. The van der Waals surface area contributed by atoms with Crippen LogP contribution in [-0.4, -0.2) is 23.3 Å². The molecule has 0 unspecified atom stereocenters. The van der Waals surface area contributed by atoms with Gasteiger partial charge in [0.25, 0.3) is 5.56 Å². The van der Waals surface area contributed by atoms with Crippen LogP contribution in [0, 0.1) is 0 Å². The SMILES string of the molecule is CCCn1c(=O)cc(N)n(N(C)C)c1=O. The van der Waals surface area contributed by atoms with Crippen molar-refractivity contribution in [2.75, 3.05) is 24.8 Å². The molecule has 15 heavy (non-hydrogen) atoms. The van der Waals surface area contributed by atoms with E-state index in [2.05, 4.69) is 0 Å². The first-order valence-electron chi connectivity index (χ1n) is 4.79. The van der Waals surface area contributed by atoms with Gasteiger partial charge in [-0.15, -0.1) is 0 Å². The molecule has 0 saturated heterocycles. The van der Waals surface area contributed by atoms with Gasteiger partial charge in [0.05, 0.1) is 0 Å². The third-order valence-electron chi connectivity index (χ3n) is 2.04. The summed E-state index contributed by atoms with van der Waals surface area (Å²) < 4.78 is 2.44. The summed E-state index contributed by atoms with van der Waals surface area (Å²) in [5, 5.41) is 1.54. The number of nitrogens with zero attached hydrogens (tertiary/aromatic N) is 3. The molecule has 1 aromatic rings. The summed E-state index contributed by atoms with van der Waals surface area (Å²) in [7, 11) is 3.39. The molecule has 0 saturated carbocycles. The van der Waals surface area contributed by atoms with E-state index in [9.17, 15) is 9.59 Å². The van der Waals surface area contributed by atoms with Gasteiger partial charge in [-0.1, -0.05) is 6.92 Å². The van der Waals surface area contributed by atoms with Gasteiger partial charge in [0.15, 0.2) is 0 Å². The van der Waals surface area contributed by atoms with Gasteiger partial charge in [-0.05, 0) is 6.42 Å². The Balaban J connectivity index is 3.50. The van der Waals surface area contributed by atoms with Crippen molar-refractivity contribution in [1.82, 2.24) is 9.24 Å². The quantitative estimate of drug-likeness (QED) is 0.712. The van der Waals surface area contributed by atoms with Crippen LogP contribution in [-0.2, 0) is 6.54 Å². The van der Waals surface area contributed by atoms with Gasteiger partial charge in [0.1, 0.15) is 5.82 Å². The van der Waals surface area contributed by atoms with E-state index in [1.807, 2.05) is 6.92 Å². The molecule has 0 fully saturated rings. The van der Waals surface area contributed by atoms with Crippen LogP contribution in [0.3, 0.4) is 0 Å². The van der Waals surface area contributed by atoms with Crippen molar-refractivity contribution in [3.63, 3.8) is 0 Å². The lowest BCUT2D eigenvalue weighted by Gasteiger charge is -2.19. The molecule has 6 heteroatoms. The van der Waals surface area contributed by atoms with Crippen LogP contribution < -0.4 is 22.0 Å². The van der Waals surface area contributed by atoms with Crippen molar-refractivity contribution in [3.8, 4) is 0 Å². The minimum absolute atomic E-state index is 0.155. The number of anilines is 1. The highest BCUT2D eigenvalue weighted by Gasteiger charge is 2.09. The molecule has 0 aromatic carbocycles. The fourth-order valence-electron chi connectivity index (χ4n) is 1.42. The number of rotatable bonds is 3. The highest BCUT2D eigenvalue weighted by Crippen LogP contribution is 1.93. The van der Waals surface area contributed by atoms with Gasteiger partial charge in [-0.2, -0.15) is 4.68 Å². The van der Waals surface area contributed by atoms with Gasteiger partial charge in [0.2, 0.25) is 0 Å². The van der Waals surface area contributed by atoms with Crippen molar-refractivity contribution in [2.24, 2.45) is 0 Å². The van der Waals surface area contributed by atoms with Gasteiger partial charge >= 0.3 is 5.69 Å². The van der Waals surface area contributed by atoms with Crippen LogP contribution in [0.25, 0.3) is 0 Å². The fourth-order valence-corrected chi connectivity index (χ4v) is 1.42. The van der Waals surface area contributed by atoms with Gasteiger partial charge in [-0.3, -0.25) is 9.36 Å². The largest absolute Gasteiger partial charge is 0.383 e.